The van der Waals surface area contributed by atoms with Crippen LogP contribution in [0.25, 0.3) is 0 Å². The molecule has 0 aliphatic rings. The summed E-state index contributed by atoms with van der Waals surface area (Å²) >= 11 is 7.73. The topological polar surface area (TPSA) is 27.7 Å². The van der Waals surface area contributed by atoms with E-state index < -0.39 is 8.80 Å². The van der Waals surface area contributed by atoms with Crippen LogP contribution in [0.1, 0.15) is 26.3 Å². The van der Waals surface area contributed by atoms with Crippen LogP contribution in [0, 0.1) is 0 Å². The molecule has 0 aromatic heterocycles. The zero-order valence-corrected chi connectivity index (χ0v) is 18.7. The molecule has 0 atom stereocenters. The molecule has 0 saturated heterocycles. The lowest BCUT2D eigenvalue weighted by atomic mass is 10.1. The summed E-state index contributed by atoms with van der Waals surface area (Å²) in [5.41, 5.74) is 3.33. The number of hydrogen-bond acceptors (Lipinski definition) is 4. The molecule has 0 fully saturated rings. The first-order valence-corrected chi connectivity index (χ1v) is 12.2. The normalized spacial score (nSPS) is 12.4. The predicted molar refractivity (Wildman–Crippen MR) is 116 cm³/mol. The van der Waals surface area contributed by atoms with E-state index in [1.54, 1.807) is 11.8 Å². The number of thioether (sulfide) groups is 1. The average molecular weight is 423 g/mol. The van der Waals surface area contributed by atoms with Gasteiger partial charge in [0.05, 0.1) is 0 Å². The molecule has 0 aliphatic carbocycles. The van der Waals surface area contributed by atoms with Crippen molar-refractivity contribution in [1.29, 1.82) is 0 Å². The van der Waals surface area contributed by atoms with Crippen molar-refractivity contribution >= 4 is 32.2 Å². The van der Waals surface area contributed by atoms with Crippen molar-refractivity contribution in [1.82, 2.24) is 0 Å². The maximum atomic E-state index is 6.03. The minimum Gasteiger partial charge on any atom is -0.371 e. The van der Waals surface area contributed by atoms with E-state index in [0.29, 0.717) is 19.8 Å². The van der Waals surface area contributed by atoms with Crippen LogP contribution in [-0.4, -0.2) is 28.6 Å². The predicted octanol–water partition coefficient (Wildman–Crippen LogP) is 6.15. The van der Waals surface area contributed by atoms with Crippen LogP contribution >= 0.6 is 23.4 Å². The van der Waals surface area contributed by atoms with Crippen LogP contribution in [0.4, 0.5) is 0 Å². The highest BCUT2D eigenvalue weighted by Crippen LogP contribution is 2.32. The molecule has 0 spiro atoms. The number of halogens is 1. The summed E-state index contributed by atoms with van der Waals surface area (Å²) in [6, 6.07) is 18.2. The SMILES string of the molecule is CCO[Si](/C=C(/Cc1ccccc1)Sc1ccc(Cl)cc1)(OCC)OCC. The van der Waals surface area contributed by atoms with Crippen molar-refractivity contribution in [2.24, 2.45) is 0 Å². The Morgan fingerprint density at radius 2 is 1.44 bits per heavy atom. The molecule has 0 unspecified atom stereocenters. The maximum absolute atomic E-state index is 6.03. The van der Waals surface area contributed by atoms with E-state index in [9.17, 15) is 0 Å². The third-order valence-corrected chi connectivity index (χ3v) is 7.93. The second-order valence-electron chi connectivity index (χ2n) is 5.73. The van der Waals surface area contributed by atoms with E-state index in [1.807, 2.05) is 51.1 Å². The lowest BCUT2D eigenvalue weighted by Crippen LogP contribution is -2.44. The van der Waals surface area contributed by atoms with Crippen molar-refractivity contribution in [3.05, 3.63) is 75.8 Å². The lowest BCUT2D eigenvalue weighted by molar-refractivity contribution is 0.0841. The third kappa shape index (κ3) is 7.45. The van der Waals surface area contributed by atoms with Crippen LogP contribution in [-0.2, 0) is 19.7 Å². The van der Waals surface area contributed by atoms with Gasteiger partial charge in [-0.2, -0.15) is 0 Å². The average Bonchev–Trinajstić information content (AvgIpc) is 2.65. The zero-order valence-electron chi connectivity index (χ0n) is 16.1. The van der Waals surface area contributed by atoms with Gasteiger partial charge in [-0.1, -0.05) is 53.7 Å². The maximum Gasteiger partial charge on any atom is 0.530 e. The van der Waals surface area contributed by atoms with E-state index in [4.69, 9.17) is 24.9 Å². The molecule has 2 rings (SSSR count). The summed E-state index contributed by atoms with van der Waals surface area (Å²) in [6.45, 7) is 7.55. The smallest absolute Gasteiger partial charge is 0.371 e. The van der Waals surface area contributed by atoms with Gasteiger partial charge < -0.3 is 13.3 Å². The molecular formula is C21H27ClO3SSi. The lowest BCUT2D eigenvalue weighted by Gasteiger charge is -2.26. The highest BCUT2D eigenvalue weighted by atomic mass is 35.5. The van der Waals surface area contributed by atoms with Gasteiger partial charge in [0.15, 0.2) is 0 Å². The molecule has 2 aromatic carbocycles. The summed E-state index contributed by atoms with van der Waals surface area (Å²) in [5, 5.41) is 0.731. The van der Waals surface area contributed by atoms with Crippen LogP contribution in [0.2, 0.25) is 5.02 Å². The number of allylic oxidation sites excluding steroid dienone is 1. The molecule has 0 N–H and O–H groups in total. The number of hydrogen-bond donors (Lipinski definition) is 0. The first kappa shape index (κ1) is 22.2. The zero-order chi connectivity index (χ0) is 19.5. The standard InChI is InChI=1S/C21H27ClO3SSi/c1-4-23-27(24-5-2,25-6-3)17-21(16-18-10-8-7-9-11-18)26-20-14-12-19(22)13-15-20/h7-15,17H,4-6,16H2,1-3H3/b21-17-. The fraction of sp³-hybridized carbons (Fsp3) is 0.333. The fourth-order valence-electron chi connectivity index (χ4n) is 2.62. The fourth-order valence-corrected chi connectivity index (χ4v) is 6.43. The molecule has 2 aromatic rings. The van der Waals surface area contributed by atoms with Crippen LogP contribution in [0.5, 0.6) is 0 Å². The Morgan fingerprint density at radius 3 is 1.96 bits per heavy atom. The minimum absolute atomic E-state index is 0.549. The molecule has 27 heavy (non-hydrogen) atoms. The Bertz CT molecular complexity index is 690. The van der Waals surface area contributed by atoms with Crippen LogP contribution in [0.15, 0.2) is 70.1 Å². The van der Waals surface area contributed by atoms with E-state index in [0.717, 1.165) is 21.2 Å². The van der Waals surface area contributed by atoms with Gasteiger partial charge in [-0.05, 0) is 61.2 Å². The summed E-state index contributed by atoms with van der Waals surface area (Å²) in [4.78, 5) is 2.26. The summed E-state index contributed by atoms with van der Waals surface area (Å²) < 4.78 is 18.1. The Hall–Kier alpha value is -1.08. The molecule has 3 nitrogen and oxygen atoms in total. The van der Waals surface area contributed by atoms with Crippen molar-refractivity contribution in [2.45, 2.75) is 32.1 Å². The highest BCUT2D eigenvalue weighted by Gasteiger charge is 2.38. The van der Waals surface area contributed by atoms with E-state index >= 15 is 0 Å². The number of rotatable bonds is 11. The second kappa shape index (κ2) is 11.7. The molecule has 0 aliphatic heterocycles. The van der Waals surface area contributed by atoms with Gasteiger partial charge in [-0.15, -0.1) is 0 Å². The van der Waals surface area contributed by atoms with Crippen molar-refractivity contribution in [3.63, 3.8) is 0 Å². The molecule has 0 heterocycles. The van der Waals surface area contributed by atoms with Gasteiger partial charge >= 0.3 is 8.80 Å². The van der Waals surface area contributed by atoms with Crippen molar-refractivity contribution in [3.8, 4) is 0 Å². The molecule has 0 saturated carbocycles. The second-order valence-corrected chi connectivity index (χ2v) is 9.73. The summed E-state index contributed by atoms with van der Waals surface area (Å²) in [5.74, 6) is 0. The Kier molecular flexibility index (Phi) is 9.62. The van der Waals surface area contributed by atoms with Gasteiger partial charge in [0.25, 0.3) is 0 Å². The van der Waals surface area contributed by atoms with Gasteiger partial charge in [-0.25, -0.2) is 0 Å². The molecular weight excluding hydrogens is 396 g/mol. The number of benzene rings is 2. The largest absolute Gasteiger partial charge is 0.530 e. The van der Waals surface area contributed by atoms with Crippen molar-refractivity contribution in [2.75, 3.05) is 19.8 Å². The van der Waals surface area contributed by atoms with Gasteiger partial charge in [0, 0.05) is 36.2 Å². The van der Waals surface area contributed by atoms with Gasteiger partial charge in [0.2, 0.25) is 0 Å². The Balaban J connectivity index is 2.37. The van der Waals surface area contributed by atoms with Crippen LogP contribution < -0.4 is 0 Å². The Labute approximate surface area is 173 Å². The molecule has 0 amide bonds. The minimum atomic E-state index is -2.89. The monoisotopic (exact) mass is 422 g/mol. The first-order valence-electron chi connectivity index (χ1n) is 9.21. The van der Waals surface area contributed by atoms with E-state index in [2.05, 4.69) is 30.0 Å². The summed E-state index contributed by atoms with van der Waals surface area (Å²) in [7, 11) is -2.89. The molecule has 6 heteroatoms. The highest BCUT2D eigenvalue weighted by molar-refractivity contribution is 8.03. The molecule has 0 bridgehead atoms. The van der Waals surface area contributed by atoms with E-state index in [-0.39, 0.29) is 0 Å². The third-order valence-electron chi connectivity index (χ3n) is 3.66. The van der Waals surface area contributed by atoms with E-state index in [1.165, 1.54) is 5.56 Å². The Morgan fingerprint density at radius 1 is 0.889 bits per heavy atom. The van der Waals surface area contributed by atoms with Crippen molar-refractivity contribution < 1.29 is 13.3 Å². The summed E-state index contributed by atoms with van der Waals surface area (Å²) in [6.07, 6.45) is 0.788. The van der Waals surface area contributed by atoms with Crippen LogP contribution in [0.3, 0.4) is 0 Å². The van der Waals surface area contributed by atoms with Gasteiger partial charge in [0.1, 0.15) is 0 Å². The molecule has 0 radical (unpaired) electrons. The van der Waals surface area contributed by atoms with Gasteiger partial charge in [-0.3, -0.25) is 0 Å². The first-order chi connectivity index (χ1) is 13.1. The molecule has 146 valence electrons. The quantitative estimate of drug-likeness (QED) is 0.320.